The van der Waals surface area contributed by atoms with Gasteiger partial charge in [0.25, 0.3) is 0 Å². The molecule has 4 bridgehead atoms. The monoisotopic (exact) mass is 390 g/mol. The zero-order valence-electron chi connectivity index (χ0n) is 15.7. The average Bonchev–Trinajstić information content (AvgIpc) is 2.60. The largest absolute Gasteiger partial charge is 0.336 e. The Morgan fingerprint density at radius 1 is 1.11 bits per heavy atom. The van der Waals surface area contributed by atoms with Crippen LogP contribution in [-0.4, -0.2) is 40.8 Å². The number of likely N-dealkylation sites (N-methyl/N-ethyl adjacent to an activating group) is 1. The minimum atomic E-state index is -0.345. The molecule has 2 amide bonds. The van der Waals surface area contributed by atoms with Gasteiger partial charge in [-0.1, -0.05) is 0 Å². The topological polar surface area (TPSA) is 49.4 Å². The summed E-state index contributed by atoms with van der Waals surface area (Å²) in [5.41, 5.74) is 0.533. The summed E-state index contributed by atoms with van der Waals surface area (Å²) in [6.45, 7) is 0.0116. The highest BCUT2D eigenvalue weighted by Gasteiger charge is 2.51. The molecule has 146 valence electrons. The number of rotatable bonds is 6. The van der Waals surface area contributed by atoms with Crippen LogP contribution in [0.1, 0.15) is 38.5 Å². The predicted molar refractivity (Wildman–Crippen MR) is 106 cm³/mol. The second kappa shape index (κ2) is 7.46. The van der Waals surface area contributed by atoms with Crippen molar-refractivity contribution in [1.29, 1.82) is 0 Å². The van der Waals surface area contributed by atoms with Crippen LogP contribution in [0.4, 0.5) is 10.1 Å². The molecule has 5 rings (SSSR count). The lowest BCUT2D eigenvalue weighted by molar-refractivity contribution is -0.131. The van der Waals surface area contributed by atoms with E-state index in [-0.39, 0.29) is 24.2 Å². The van der Waals surface area contributed by atoms with Crippen molar-refractivity contribution in [2.45, 2.75) is 43.3 Å². The van der Waals surface area contributed by atoms with E-state index < -0.39 is 0 Å². The number of amides is 2. The highest BCUT2D eigenvalue weighted by atomic mass is 32.2. The lowest BCUT2D eigenvalue weighted by atomic mass is 9.56. The fourth-order valence-electron chi connectivity index (χ4n) is 5.57. The van der Waals surface area contributed by atoms with Crippen molar-refractivity contribution in [3.8, 4) is 0 Å². The molecular weight excluding hydrogens is 363 g/mol. The molecule has 0 aliphatic heterocycles. The first-order valence-corrected chi connectivity index (χ1v) is 10.8. The molecule has 0 atom stereocenters. The van der Waals surface area contributed by atoms with E-state index in [1.807, 2.05) is 11.8 Å². The van der Waals surface area contributed by atoms with Crippen molar-refractivity contribution < 1.29 is 14.0 Å². The maximum absolute atomic E-state index is 12.9. The number of nitrogens with one attached hydrogen (secondary N) is 1. The molecule has 0 unspecified atom stereocenters. The van der Waals surface area contributed by atoms with Gasteiger partial charge >= 0.3 is 0 Å². The summed E-state index contributed by atoms with van der Waals surface area (Å²) in [4.78, 5) is 26.2. The van der Waals surface area contributed by atoms with Gasteiger partial charge in [-0.15, -0.1) is 11.8 Å². The molecule has 4 saturated carbocycles. The molecule has 4 fully saturated rings. The summed E-state index contributed by atoms with van der Waals surface area (Å²) in [5, 5.41) is 2.70. The molecule has 0 saturated heterocycles. The number of halogens is 1. The third-order valence-corrected chi connectivity index (χ3v) is 7.92. The maximum atomic E-state index is 12.9. The second-order valence-electron chi connectivity index (χ2n) is 8.69. The van der Waals surface area contributed by atoms with Gasteiger partial charge in [0.05, 0.1) is 12.3 Å². The standard InChI is InChI=1S/C21H27FN2O2S/c1-24(12-19(25)23-18-4-2-17(22)3-5-18)20(26)13-27-21-9-14-6-15(10-21)8-16(7-14)11-21/h2-5,14-16H,6-13H2,1H3,(H,23,25). The molecule has 1 aromatic carbocycles. The summed E-state index contributed by atoms with van der Waals surface area (Å²) in [5.74, 6) is 2.46. The first kappa shape index (κ1) is 18.8. The van der Waals surface area contributed by atoms with Gasteiger partial charge in [-0.25, -0.2) is 4.39 Å². The Kier molecular flexibility index (Phi) is 5.19. The first-order chi connectivity index (χ1) is 12.9. The van der Waals surface area contributed by atoms with E-state index in [0.717, 1.165) is 17.8 Å². The van der Waals surface area contributed by atoms with Gasteiger partial charge in [-0.2, -0.15) is 0 Å². The van der Waals surface area contributed by atoms with E-state index in [1.165, 1.54) is 67.7 Å². The fourth-order valence-corrected chi connectivity index (χ4v) is 7.28. The Hall–Kier alpha value is -1.56. The summed E-state index contributed by atoms with van der Waals surface area (Å²) in [6, 6.07) is 5.62. The van der Waals surface area contributed by atoms with Crippen LogP contribution < -0.4 is 5.32 Å². The van der Waals surface area contributed by atoms with Crippen molar-refractivity contribution >= 4 is 29.3 Å². The first-order valence-electron chi connectivity index (χ1n) is 9.84. The molecule has 0 spiro atoms. The third-order valence-electron chi connectivity index (χ3n) is 6.42. The molecule has 4 aliphatic rings. The van der Waals surface area contributed by atoms with Gasteiger partial charge in [-0.3, -0.25) is 9.59 Å². The Bertz CT molecular complexity index is 686. The molecule has 0 radical (unpaired) electrons. The summed E-state index contributed by atoms with van der Waals surface area (Å²) in [7, 11) is 1.67. The molecule has 27 heavy (non-hydrogen) atoms. The van der Waals surface area contributed by atoms with Crippen LogP contribution in [0.25, 0.3) is 0 Å². The van der Waals surface area contributed by atoms with Crippen molar-refractivity contribution in [1.82, 2.24) is 4.90 Å². The molecule has 0 heterocycles. The number of benzene rings is 1. The summed E-state index contributed by atoms with van der Waals surface area (Å²) in [6.07, 6.45) is 8.01. The van der Waals surface area contributed by atoms with Crippen LogP contribution in [0.2, 0.25) is 0 Å². The van der Waals surface area contributed by atoms with Gasteiger partial charge in [0.2, 0.25) is 11.8 Å². The molecular formula is C21H27FN2O2S. The summed E-state index contributed by atoms with van der Waals surface area (Å²) >= 11 is 1.84. The number of carbonyl (C=O) groups excluding carboxylic acids is 2. The number of hydrogen-bond donors (Lipinski definition) is 1. The van der Waals surface area contributed by atoms with Crippen LogP contribution in [0.5, 0.6) is 0 Å². The molecule has 4 nitrogen and oxygen atoms in total. The van der Waals surface area contributed by atoms with E-state index in [4.69, 9.17) is 0 Å². The minimum absolute atomic E-state index is 0.00463. The van der Waals surface area contributed by atoms with E-state index in [2.05, 4.69) is 5.32 Å². The molecule has 4 aliphatic carbocycles. The smallest absolute Gasteiger partial charge is 0.243 e. The SMILES string of the molecule is CN(CC(=O)Nc1ccc(F)cc1)C(=O)CSC12CC3CC(CC(C3)C1)C2. The van der Waals surface area contributed by atoms with E-state index in [1.54, 1.807) is 7.05 Å². The molecule has 1 aromatic rings. The zero-order chi connectivity index (χ0) is 19.0. The number of hydrogen-bond acceptors (Lipinski definition) is 3. The lowest BCUT2D eigenvalue weighted by Crippen LogP contribution is -2.49. The highest BCUT2D eigenvalue weighted by Crippen LogP contribution is 2.60. The summed E-state index contributed by atoms with van der Waals surface area (Å²) < 4.78 is 13.2. The van der Waals surface area contributed by atoms with Crippen LogP contribution >= 0.6 is 11.8 Å². The van der Waals surface area contributed by atoms with E-state index >= 15 is 0 Å². The van der Waals surface area contributed by atoms with Gasteiger partial charge in [-0.05, 0) is 80.5 Å². The molecule has 6 heteroatoms. The van der Waals surface area contributed by atoms with Crippen LogP contribution in [0.15, 0.2) is 24.3 Å². The number of nitrogens with zero attached hydrogens (tertiary/aromatic N) is 1. The van der Waals surface area contributed by atoms with Gasteiger partial charge in [0, 0.05) is 17.5 Å². The van der Waals surface area contributed by atoms with Crippen LogP contribution in [0.3, 0.4) is 0 Å². The molecule has 1 N–H and O–H groups in total. The van der Waals surface area contributed by atoms with Crippen LogP contribution in [-0.2, 0) is 9.59 Å². The van der Waals surface area contributed by atoms with Crippen molar-refractivity contribution in [3.63, 3.8) is 0 Å². The van der Waals surface area contributed by atoms with Crippen LogP contribution in [0, 0.1) is 23.6 Å². The fraction of sp³-hybridized carbons (Fsp3) is 0.619. The van der Waals surface area contributed by atoms with Crippen molar-refractivity contribution in [2.24, 2.45) is 17.8 Å². The predicted octanol–water partition coefficient (Wildman–Crippen LogP) is 3.92. The number of anilines is 1. The number of carbonyl (C=O) groups is 2. The van der Waals surface area contributed by atoms with E-state index in [9.17, 15) is 14.0 Å². The maximum Gasteiger partial charge on any atom is 0.243 e. The number of thioether (sulfide) groups is 1. The third kappa shape index (κ3) is 4.31. The van der Waals surface area contributed by atoms with Gasteiger partial charge in [0.15, 0.2) is 0 Å². The lowest BCUT2D eigenvalue weighted by Gasteiger charge is -2.56. The van der Waals surface area contributed by atoms with Crippen molar-refractivity contribution in [3.05, 3.63) is 30.1 Å². The highest BCUT2D eigenvalue weighted by molar-refractivity contribution is 8.01. The van der Waals surface area contributed by atoms with E-state index in [0.29, 0.717) is 16.2 Å². The van der Waals surface area contributed by atoms with Gasteiger partial charge in [0.1, 0.15) is 5.82 Å². The van der Waals surface area contributed by atoms with Crippen molar-refractivity contribution in [2.75, 3.05) is 24.7 Å². The Labute approximate surface area is 164 Å². The quantitative estimate of drug-likeness (QED) is 0.801. The molecule has 0 aromatic heterocycles. The van der Waals surface area contributed by atoms with Gasteiger partial charge < -0.3 is 10.2 Å². The minimum Gasteiger partial charge on any atom is -0.336 e. The Morgan fingerprint density at radius 3 is 2.22 bits per heavy atom. The zero-order valence-corrected chi connectivity index (χ0v) is 16.6. The second-order valence-corrected chi connectivity index (χ2v) is 10.1. The normalized spacial score (nSPS) is 31.0. The Morgan fingerprint density at radius 2 is 1.67 bits per heavy atom. The average molecular weight is 391 g/mol. The Balaban J connectivity index is 1.26.